The van der Waals surface area contributed by atoms with Crippen LogP contribution in [0.5, 0.6) is 5.75 Å². The molecule has 0 aliphatic carbocycles. The summed E-state index contributed by atoms with van der Waals surface area (Å²) in [5.41, 5.74) is 4.74. The summed E-state index contributed by atoms with van der Waals surface area (Å²) in [5.74, 6) is -1.72. The molecule has 0 bridgehead atoms. The Balaban J connectivity index is 0.00000529. The van der Waals surface area contributed by atoms with Gasteiger partial charge in [0.05, 0.1) is 4.90 Å². The molecule has 0 amide bonds. The van der Waals surface area contributed by atoms with Gasteiger partial charge in [0.2, 0.25) is 10.0 Å². The second kappa shape index (κ2) is 8.89. The summed E-state index contributed by atoms with van der Waals surface area (Å²) in [6.07, 6.45) is 0.484. The standard InChI is InChI=1S/C14H21F3N2O3S.ClH/c1-9(2)7-14(3,8-18)19-23(20,21)10-4-5-12(11(15)6-10)22-13(16)17;/h4-6,9,13,19H,7-8,18H2,1-3H3;1H. The maximum absolute atomic E-state index is 13.7. The van der Waals surface area contributed by atoms with Crippen molar-refractivity contribution in [2.75, 3.05) is 6.54 Å². The van der Waals surface area contributed by atoms with E-state index in [1.165, 1.54) is 0 Å². The number of nitrogens with two attached hydrogens (primary N) is 1. The summed E-state index contributed by atoms with van der Waals surface area (Å²) in [4.78, 5) is -0.389. The molecule has 1 unspecified atom stereocenters. The fourth-order valence-electron chi connectivity index (χ4n) is 2.29. The van der Waals surface area contributed by atoms with Gasteiger partial charge in [-0.2, -0.15) is 8.78 Å². The van der Waals surface area contributed by atoms with Crippen LogP contribution in [0.4, 0.5) is 13.2 Å². The molecule has 0 aromatic heterocycles. The van der Waals surface area contributed by atoms with Gasteiger partial charge in [-0.3, -0.25) is 0 Å². The molecule has 1 atom stereocenters. The first-order chi connectivity index (χ1) is 10.5. The number of hydrogen-bond donors (Lipinski definition) is 2. The Morgan fingerprint density at radius 2 is 1.92 bits per heavy atom. The van der Waals surface area contributed by atoms with Gasteiger partial charge in [-0.1, -0.05) is 13.8 Å². The van der Waals surface area contributed by atoms with Gasteiger partial charge < -0.3 is 10.5 Å². The maximum atomic E-state index is 13.7. The van der Waals surface area contributed by atoms with Crippen LogP contribution in [0, 0.1) is 11.7 Å². The Labute approximate surface area is 146 Å². The molecule has 1 aromatic rings. The molecule has 0 aliphatic heterocycles. The quantitative estimate of drug-likeness (QED) is 0.715. The summed E-state index contributed by atoms with van der Waals surface area (Å²) >= 11 is 0. The largest absolute Gasteiger partial charge is 0.432 e. The minimum Gasteiger partial charge on any atom is -0.432 e. The minimum absolute atomic E-state index is 0. The average molecular weight is 391 g/mol. The lowest BCUT2D eigenvalue weighted by Gasteiger charge is -2.30. The third-order valence-electron chi connectivity index (χ3n) is 3.12. The summed E-state index contributed by atoms with van der Waals surface area (Å²) < 4.78 is 69.0. The van der Waals surface area contributed by atoms with Crippen LogP contribution in [0.15, 0.2) is 23.1 Å². The number of nitrogens with one attached hydrogen (secondary N) is 1. The van der Waals surface area contributed by atoms with Crippen LogP contribution in [0.25, 0.3) is 0 Å². The van der Waals surface area contributed by atoms with E-state index in [0.29, 0.717) is 12.5 Å². The van der Waals surface area contributed by atoms with Gasteiger partial charge in [0.15, 0.2) is 11.6 Å². The Bertz CT molecular complexity index is 644. The van der Waals surface area contributed by atoms with E-state index < -0.39 is 33.7 Å². The first-order valence-electron chi connectivity index (χ1n) is 6.97. The van der Waals surface area contributed by atoms with Gasteiger partial charge in [-0.15, -0.1) is 12.4 Å². The normalized spacial score (nSPS) is 14.4. The van der Waals surface area contributed by atoms with Crippen LogP contribution in [0.3, 0.4) is 0 Å². The van der Waals surface area contributed by atoms with Crippen molar-refractivity contribution >= 4 is 22.4 Å². The second-order valence-electron chi connectivity index (χ2n) is 5.94. The van der Waals surface area contributed by atoms with E-state index in [1.54, 1.807) is 6.92 Å². The Morgan fingerprint density at radius 1 is 1.33 bits per heavy atom. The van der Waals surface area contributed by atoms with Gasteiger partial charge in [0, 0.05) is 12.1 Å². The molecule has 24 heavy (non-hydrogen) atoms. The molecule has 10 heteroatoms. The monoisotopic (exact) mass is 390 g/mol. The zero-order chi connectivity index (χ0) is 17.8. The highest BCUT2D eigenvalue weighted by Gasteiger charge is 2.30. The summed E-state index contributed by atoms with van der Waals surface area (Å²) in [5, 5.41) is 0. The molecule has 1 aromatic carbocycles. The Morgan fingerprint density at radius 3 is 2.33 bits per heavy atom. The zero-order valence-corrected chi connectivity index (χ0v) is 15.2. The molecule has 0 saturated carbocycles. The number of halogens is 4. The molecule has 5 nitrogen and oxygen atoms in total. The second-order valence-corrected chi connectivity index (χ2v) is 7.62. The maximum Gasteiger partial charge on any atom is 0.387 e. The Hall–Kier alpha value is -1.03. The van der Waals surface area contributed by atoms with E-state index in [2.05, 4.69) is 9.46 Å². The minimum atomic E-state index is -4.06. The van der Waals surface area contributed by atoms with Crippen molar-refractivity contribution in [3.05, 3.63) is 24.0 Å². The third-order valence-corrected chi connectivity index (χ3v) is 4.76. The van der Waals surface area contributed by atoms with Gasteiger partial charge in [0.25, 0.3) is 0 Å². The van der Waals surface area contributed by atoms with Crippen molar-refractivity contribution in [3.8, 4) is 5.75 Å². The van der Waals surface area contributed by atoms with Crippen molar-refractivity contribution in [2.24, 2.45) is 11.7 Å². The average Bonchev–Trinajstić information content (AvgIpc) is 2.38. The van der Waals surface area contributed by atoms with Gasteiger partial charge in [-0.05, 0) is 37.5 Å². The van der Waals surface area contributed by atoms with Crippen molar-refractivity contribution in [2.45, 2.75) is 44.2 Å². The summed E-state index contributed by atoms with van der Waals surface area (Å²) in [7, 11) is -4.06. The molecule has 3 N–H and O–H groups in total. The van der Waals surface area contributed by atoms with Crippen molar-refractivity contribution in [3.63, 3.8) is 0 Å². The first-order valence-corrected chi connectivity index (χ1v) is 8.46. The lowest BCUT2D eigenvalue weighted by molar-refractivity contribution is -0.0522. The number of alkyl halides is 2. The van der Waals surface area contributed by atoms with Crippen molar-refractivity contribution in [1.29, 1.82) is 0 Å². The molecule has 0 saturated heterocycles. The SMILES string of the molecule is CC(C)CC(C)(CN)NS(=O)(=O)c1ccc(OC(F)F)c(F)c1.Cl. The van der Waals surface area contributed by atoms with Gasteiger partial charge in [0.1, 0.15) is 0 Å². The number of rotatable bonds is 8. The molecular weight excluding hydrogens is 369 g/mol. The number of hydrogen-bond acceptors (Lipinski definition) is 4. The smallest absolute Gasteiger partial charge is 0.387 e. The first kappa shape index (κ1) is 23.0. The van der Waals surface area contributed by atoms with Gasteiger partial charge in [-0.25, -0.2) is 17.5 Å². The molecular formula is C14H22ClF3N2O3S. The van der Waals surface area contributed by atoms with E-state index in [4.69, 9.17) is 5.73 Å². The third kappa shape index (κ3) is 6.46. The topological polar surface area (TPSA) is 81.4 Å². The highest BCUT2D eigenvalue weighted by atomic mass is 35.5. The predicted octanol–water partition coefficient (Wildman–Crippen LogP) is 2.89. The number of ether oxygens (including phenoxy) is 1. The van der Waals surface area contributed by atoms with Crippen LogP contribution in [0.2, 0.25) is 0 Å². The molecule has 0 fully saturated rings. The predicted molar refractivity (Wildman–Crippen MR) is 87.5 cm³/mol. The fourth-order valence-corrected chi connectivity index (χ4v) is 3.73. The lowest BCUT2D eigenvalue weighted by atomic mass is 9.92. The lowest BCUT2D eigenvalue weighted by Crippen LogP contribution is -2.51. The van der Waals surface area contributed by atoms with E-state index in [1.807, 2.05) is 13.8 Å². The Kier molecular flexibility index (Phi) is 8.51. The molecule has 0 spiro atoms. The highest BCUT2D eigenvalue weighted by molar-refractivity contribution is 7.89. The van der Waals surface area contributed by atoms with E-state index >= 15 is 0 Å². The molecule has 0 radical (unpaired) electrons. The highest BCUT2D eigenvalue weighted by Crippen LogP contribution is 2.24. The summed E-state index contributed by atoms with van der Waals surface area (Å²) in [6, 6.07) is 2.47. The van der Waals surface area contributed by atoms with E-state index in [0.717, 1.165) is 12.1 Å². The van der Waals surface area contributed by atoms with Crippen LogP contribution in [-0.2, 0) is 10.0 Å². The summed E-state index contributed by atoms with van der Waals surface area (Å²) in [6.45, 7) is 2.34. The van der Waals surface area contributed by atoms with E-state index in [9.17, 15) is 21.6 Å². The van der Waals surface area contributed by atoms with Crippen LogP contribution in [0.1, 0.15) is 27.2 Å². The van der Waals surface area contributed by atoms with E-state index in [-0.39, 0.29) is 29.8 Å². The molecule has 0 aliphatic rings. The van der Waals surface area contributed by atoms with Crippen LogP contribution < -0.4 is 15.2 Å². The number of sulfonamides is 1. The van der Waals surface area contributed by atoms with Crippen LogP contribution in [-0.4, -0.2) is 27.1 Å². The van der Waals surface area contributed by atoms with Gasteiger partial charge >= 0.3 is 6.61 Å². The molecule has 1 rings (SSSR count). The molecule has 140 valence electrons. The van der Waals surface area contributed by atoms with Crippen LogP contribution >= 0.6 is 12.4 Å². The van der Waals surface area contributed by atoms with Crippen molar-refractivity contribution < 1.29 is 26.3 Å². The van der Waals surface area contributed by atoms with Crippen molar-refractivity contribution in [1.82, 2.24) is 4.72 Å². The fraction of sp³-hybridized carbons (Fsp3) is 0.571. The zero-order valence-electron chi connectivity index (χ0n) is 13.6. The number of benzene rings is 1. The molecule has 0 heterocycles.